The number of nitrogens with zero attached hydrogens (tertiary/aromatic N) is 1. The molecule has 0 fully saturated rings. The molecular weight excluding hydrogens is 284 g/mol. The second-order valence-electron chi connectivity index (χ2n) is 6.20. The standard InChI is InChI=1S/C16H22N2O2S/c1-16(2,3)9-11(8-15(19)20)18-13-6-5-7-14(21-4)12(13)10-17/h5-7,11,18H,8-9H2,1-4H3,(H,19,20). The van der Waals surface area contributed by atoms with Gasteiger partial charge in [0.25, 0.3) is 0 Å². The molecule has 0 heterocycles. The maximum Gasteiger partial charge on any atom is 0.305 e. The number of nitriles is 1. The summed E-state index contributed by atoms with van der Waals surface area (Å²) in [6.45, 7) is 6.23. The number of aliphatic carboxylic acids is 1. The average Bonchev–Trinajstić information content (AvgIpc) is 2.35. The van der Waals surface area contributed by atoms with E-state index < -0.39 is 5.97 Å². The van der Waals surface area contributed by atoms with Crippen LogP contribution in [0.25, 0.3) is 0 Å². The van der Waals surface area contributed by atoms with Crippen molar-refractivity contribution in [2.24, 2.45) is 5.41 Å². The van der Waals surface area contributed by atoms with E-state index in [1.165, 1.54) is 11.8 Å². The molecule has 5 heteroatoms. The quantitative estimate of drug-likeness (QED) is 0.778. The highest BCUT2D eigenvalue weighted by molar-refractivity contribution is 7.98. The summed E-state index contributed by atoms with van der Waals surface area (Å²) in [5.41, 5.74) is 1.30. The van der Waals surface area contributed by atoms with E-state index in [-0.39, 0.29) is 17.9 Å². The molecule has 1 aromatic carbocycles. The van der Waals surface area contributed by atoms with Gasteiger partial charge in [-0.05, 0) is 30.2 Å². The van der Waals surface area contributed by atoms with Crippen molar-refractivity contribution in [2.45, 2.75) is 44.6 Å². The Morgan fingerprint density at radius 3 is 2.62 bits per heavy atom. The first-order chi connectivity index (χ1) is 9.76. The lowest BCUT2D eigenvalue weighted by Gasteiger charge is -2.27. The van der Waals surface area contributed by atoms with E-state index in [1.54, 1.807) is 0 Å². The highest BCUT2D eigenvalue weighted by Crippen LogP contribution is 2.29. The van der Waals surface area contributed by atoms with E-state index >= 15 is 0 Å². The lowest BCUT2D eigenvalue weighted by molar-refractivity contribution is -0.137. The van der Waals surface area contributed by atoms with E-state index in [0.717, 1.165) is 4.90 Å². The lowest BCUT2D eigenvalue weighted by Crippen LogP contribution is -2.28. The van der Waals surface area contributed by atoms with Gasteiger partial charge in [0.1, 0.15) is 6.07 Å². The van der Waals surface area contributed by atoms with Gasteiger partial charge in [0.15, 0.2) is 0 Å². The molecule has 21 heavy (non-hydrogen) atoms. The summed E-state index contributed by atoms with van der Waals surface area (Å²) >= 11 is 1.51. The third-order valence-corrected chi connectivity index (χ3v) is 3.78. The zero-order valence-corrected chi connectivity index (χ0v) is 13.8. The average molecular weight is 306 g/mol. The van der Waals surface area contributed by atoms with Gasteiger partial charge in [0, 0.05) is 10.9 Å². The molecule has 0 aliphatic rings. The van der Waals surface area contributed by atoms with Crippen LogP contribution in [0.15, 0.2) is 23.1 Å². The third kappa shape index (κ3) is 5.68. The number of carbonyl (C=O) groups is 1. The van der Waals surface area contributed by atoms with Gasteiger partial charge in [-0.3, -0.25) is 4.79 Å². The number of hydrogen-bond donors (Lipinski definition) is 2. The van der Waals surface area contributed by atoms with E-state index in [1.807, 2.05) is 24.5 Å². The van der Waals surface area contributed by atoms with E-state index in [2.05, 4.69) is 32.2 Å². The summed E-state index contributed by atoms with van der Waals surface area (Å²) in [5.74, 6) is -0.837. The van der Waals surface area contributed by atoms with Crippen LogP contribution in [-0.4, -0.2) is 23.4 Å². The van der Waals surface area contributed by atoms with Crippen LogP contribution in [-0.2, 0) is 4.79 Å². The van der Waals surface area contributed by atoms with Crippen LogP contribution in [0.4, 0.5) is 5.69 Å². The predicted molar refractivity (Wildman–Crippen MR) is 86.7 cm³/mol. The first-order valence-corrected chi connectivity index (χ1v) is 8.04. The molecule has 0 amide bonds. The molecule has 0 bridgehead atoms. The first kappa shape index (κ1) is 17.4. The number of carboxylic acids is 1. The Bertz CT molecular complexity index is 544. The highest BCUT2D eigenvalue weighted by Gasteiger charge is 2.22. The van der Waals surface area contributed by atoms with Crippen LogP contribution in [0, 0.1) is 16.7 Å². The number of anilines is 1. The molecule has 0 aliphatic heterocycles. The minimum atomic E-state index is -0.837. The van der Waals surface area contributed by atoms with Crippen molar-refractivity contribution in [3.05, 3.63) is 23.8 Å². The van der Waals surface area contributed by atoms with Crippen LogP contribution in [0.5, 0.6) is 0 Å². The number of nitrogens with one attached hydrogen (secondary N) is 1. The number of thioether (sulfide) groups is 1. The minimum Gasteiger partial charge on any atom is -0.481 e. The molecule has 0 aliphatic carbocycles. The van der Waals surface area contributed by atoms with Crippen LogP contribution in [0.3, 0.4) is 0 Å². The molecule has 1 atom stereocenters. The third-order valence-electron chi connectivity index (χ3n) is 3.00. The summed E-state index contributed by atoms with van der Waals surface area (Å²) in [6, 6.07) is 7.60. The molecule has 0 saturated heterocycles. The number of rotatable bonds is 6. The van der Waals surface area contributed by atoms with Gasteiger partial charge < -0.3 is 10.4 Å². The maximum absolute atomic E-state index is 11.1. The van der Waals surface area contributed by atoms with Crippen LogP contribution >= 0.6 is 11.8 Å². The van der Waals surface area contributed by atoms with Crippen LogP contribution in [0.2, 0.25) is 0 Å². The molecule has 0 spiro atoms. The normalized spacial score (nSPS) is 12.5. The van der Waals surface area contributed by atoms with E-state index in [4.69, 9.17) is 5.11 Å². The Morgan fingerprint density at radius 1 is 1.48 bits per heavy atom. The van der Waals surface area contributed by atoms with Crippen molar-refractivity contribution in [3.8, 4) is 6.07 Å². The smallest absolute Gasteiger partial charge is 0.305 e. The van der Waals surface area contributed by atoms with Gasteiger partial charge in [-0.25, -0.2) is 0 Å². The van der Waals surface area contributed by atoms with Crippen molar-refractivity contribution in [1.82, 2.24) is 0 Å². The molecule has 114 valence electrons. The zero-order chi connectivity index (χ0) is 16.0. The summed E-state index contributed by atoms with van der Waals surface area (Å²) in [4.78, 5) is 11.9. The fourth-order valence-corrected chi connectivity index (χ4v) is 2.86. The summed E-state index contributed by atoms with van der Waals surface area (Å²) in [7, 11) is 0. The maximum atomic E-state index is 11.1. The molecular formula is C16H22N2O2S. The summed E-state index contributed by atoms with van der Waals surface area (Å²) in [5, 5.41) is 21.7. The Morgan fingerprint density at radius 2 is 2.14 bits per heavy atom. The van der Waals surface area contributed by atoms with Crippen molar-refractivity contribution >= 4 is 23.4 Å². The van der Waals surface area contributed by atoms with Gasteiger partial charge in [-0.2, -0.15) is 5.26 Å². The molecule has 2 N–H and O–H groups in total. The van der Waals surface area contributed by atoms with E-state index in [9.17, 15) is 10.1 Å². The van der Waals surface area contributed by atoms with Crippen molar-refractivity contribution in [3.63, 3.8) is 0 Å². The van der Waals surface area contributed by atoms with E-state index in [0.29, 0.717) is 17.7 Å². The molecule has 0 aromatic heterocycles. The Hall–Kier alpha value is -1.67. The zero-order valence-electron chi connectivity index (χ0n) is 12.9. The molecule has 0 saturated carbocycles. The molecule has 1 unspecified atom stereocenters. The van der Waals surface area contributed by atoms with Crippen molar-refractivity contribution in [2.75, 3.05) is 11.6 Å². The number of carboxylic acid groups (broad SMARTS) is 1. The SMILES string of the molecule is CSc1cccc(NC(CC(=O)O)CC(C)(C)C)c1C#N. The van der Waals surface area contributed by atoms with Gasteiger partial charge >= 0.3 is 5.97 Å². The second kappa shape index (κ2) is 7.37. The highest BCUT2D eigenvalue weighted by atomic mass is 32.2. The molecule has 0 radical (unpaired) electrons. The molecule has 1 rings (SSSR count). The Balaban J connectivity index is 3.03. The first-order valence-electron chi connectivity index (χ1n) is 6.82. The topological polar surface area (TPSA) is 73.1 Å². The minimum absolute atomic E-state index is 0.0110. The molecule has 4 nitrogen and oxygen atoms in total. The lowest BCUT2D eigenvalue weighted by atomic mass is 9.87. The van der Waals surface area contributed by atoms with Crippen LogP contribution < -0.4 is 5.32 Å². The predicted octanol–water partition coefficient (Wildman–Crippen LogP) is 3.97. The fraction of sp³-hybridized carbons (Fsp3) is 0.500. The number of hydrogen-bond acceptors (Lipinski definition) is 4. The summed E-state index contributed by atoms with van der Waals surface area (Å²) < 4.78 is 0. The second-order valence-corrected chi connectivity index (χ2v) is 7.05. The summed E-state index contributed by atoms with van der Waals surface area (Å²) in [6.07, 6.45) is 2.67. The Kier molecular flexibility index (Phi) is 6.10. The monoisotopic (exact) mass is 306 g/mol. The van der Waals surface area contributed by atoms with Gasteiger partial charge in [-0.1, -0.05) is 26.8 Å². The number of benzene rings is 1. The van der Waals surface area contributed by atoms with Crippen LogP contribution in [0.1, 0.15) is 39.2 Å². The van der Waals surface area contributed by atoms with Gasteiger partial charge in [-0.15, -0.1) is 11.8 Å². The van der Waals surface area contributed by atoms with Gasteiger partial charge in [0.2, 0.25) is 0 Å². The fourth-order valence-electron chi connectivity index (χ4n) is 2.28. The molecule has 1 aromatic rings. The Labute approximate surface area is 130 Å². The van der Waals surface area contributed by atoms with Crippen molar-refractivity contribution in [1.29, 1.82) is 5.26 Å². The largest absolute Gasteiger partial charge is 0.481 e. The van der Waals surface area contributed by atoms with Crippen molar-refractivity contribution < 1.29 is 9.90 Å². The van der Waals surface area contributed by atoms with Gasteiger partial charge in [0.05, 0.1) is 17.7 Å².